The van der Waals surface area contributed by atoms with Crippen LogP contribution in [0.2, 0.25) is 0 Å². The smallest absolute Gasteiger partial charge is 0.207 e. The molecular weight excluding hydrogens is 162 g/mol. The molecule has 2 N–H and O–H groups in total. The molecule has 0 aliphatic carbocycles. The first-order chi connectivity index (χ1) is 5.40. The van der Waals surface area contributed by atoms with Gasteiger partial charge in [0.25, 0.3) is 0 Å². The quantitative estimate of drug-likeness (QED) is 0.632. The van der Waals surface area contributed by atoms with E-state index in [0.29, 0.717) is 5.13 Å². The van der Waals surface area contributed by atoms with Crippen molar-refractivity contribution in [3.05, 3.63) is 18.5 Å². The van der Waals surface area contributed by atoms with E-state index in [1.54, 1.807) is 12.4 Å². The molecule has 0 aliphatic rings. The maximum atomic E-state index is 8.52. The molecule has 0 spiro atoms. The van der Waals surface area contributed by atoms with Gasteiger partial charge in [0, 0.05) is 6.20 Å². The number of hydrogen-bond donors (Lipinski definition) is 2. The number of nitrogens with zero attached hydrogens (tertiary/aromatic N) is 2. The fourth-order valence-electron chi connectivity index (χ4n) is 0.828. The first-order valence-electron chi connectivity index (χ1n) is 3.01. The van der Waals surface area contributed by atoms with Gasteiger partial charge in [0.15, 0.2) is 0 Å². The second-order valence-electron chi connectivity index (χ2n) is 1.97. The standard InChI is InChI=1S/C6H5N3OS/c10-9-6-8-4-3-7-2-1-5(4)11-6/h1-3,10H,(H,8,9). The molecular formula is C6H5N3OS. The summed E-state index contributed by atoms with van der Waals surface area (Å²) in [6.45, 7) is 0. The molecule has 0 unspecified atom stereocenters. The van der Waals surface area contributed by atoms with Crippen molar-refractivity contribution in [1.29, 1.82) is 0 Å². The van der Waals surface area contributed by atoms with Crippen LogP contribution in [0.4, 0.5) is 5.13 Å². The van der Waals surface area contributed by atoms with Gasteiger partial charge in [-0.1, -0.05) is 11.3 Å². The van der Waals surface area contributed by atoms with E-state index in [1.807, 2.05) is 11.5 Å². The van der Waals surface area contributed by atoms with Gasteiger partial charge in [-0.05, 0) is 6.07 Å². The number of fused-ring (bicyclic) bond motifs is 1. The van der Waals surface area contributed by atoms with Crippen LogP contribution >= 0.6 is 11.3 Å². The van der Waals surface area contributed by atoms with Gasteiger partial charge in [0.2, 0.25) is 5.13 Å². The molecule has 0 bridgehead atoms. The predicted molar refractivity (Wildman–Crippen MR) is 42.8 cm³/mol. The third-order valence-electron chi connectivity index (χ3n) is 1.29. The summed E-state index contributed by atoms with van der Waals surface area (Å²) in [6.07, 6.45) is 3.36. The van der Waals surface area contributed by atoms with Crippen LogP contribution in [0.5, 0.6) is 0 Å². The number of thiazole rings is 1. The molecule has 11 heavy (non-hydrogen) atoms. The van der Waals surface area contributed by atoms with E-state index < -0.39 is 0 Å². The van der Waals surface area contributed by atoms with Crippen LogP contribution in [-0.2, 0) is 0 Å². The third kappa shape index (κ3) is 1.04. The molecule has 4 nitrogen and oxygen atoms in total. The normalized spacial score (nSPS) is 10.3. The van der Waals surface area contributed by atoms with Gasteiger partial charge in [-0.2, -0.15) is 0 Å². The summed E-state index contributed by atoms with van der Waals surface area (Å²) >= 11 is 1.39. The van der Waals surface area contributed by atoms with Crippen LogP contribution < -0.4 is 5.48 Å². The zero-order valence-corrected chi connectivity index (χ0v) is 6.30. The lowest BCUT2D eigenvalue weighted by Gasteiger charge is -1.83. The van der Waals surface area contributed by atoms with Gasteiger partial charge < -0.3 is 0 Å². The van der Waals surface area contributed by atoms with Crippen LogP contribution in [0.25, 0.3) is 10.2 Å². The Labute approximate surface area is 66.5 Å². The Bertz CT molecular complexity index is 340. The molecule has 0 saturated carbocycles. The summed E-state index contributed by atoms with van der Waals surface area (Å²) in [5.41, 5.74) is 2.80. The maximum absolute atomic E-state index is 8.52. The number of hydrogen-bond acceptors (Lipinski definition) is 5. The largest absolute Gasteiger partial charge is 0.289 e. The van der Waals surface area contributed by atoms with Crippen molar-refractivity contribution in [2.75, 3.05) is 5.48 Å². The summed E-state index contributed by atoms with van der Waals surface area (Å²) in [6, 6.07) is 1.86. The number of aromatic nitrogens is 2. The average Bonchev–Trinajstić information content (AvgIpc) is 2.46. The minimum atomic E-state index is 0.494. The Morgan fingerprint density at radius 2 is 2.45 bits per heavy atom. The second kappa shape index (κ2) is 2.44. The van der Waals surface area contributed by atoms with Crippen molar-refractivity contribution >= 4 is 26.7 Å². The van der Waals surface area contributed by atoms with Gasteiger partial charge in [0.1, 0.15) is 5.52 Å². The molecule has 0 amide bonds. The van der Waals surface area contributed by atoms with Crippen molar-refractivity contribution in [2.45, 2.75) is 0 Å². The lowest BCUT2D eigenvalue weighted by atomic mass is 10.5. The number of anilines is 1. The number of pyridine rings is 1. The molecule has 2 aromatic rings. The van der Waals surface area contributed by atoms with E-state index in [2.05, 4.69) is 9.97 Å². The lowest BCUT2D eigenvalue weighted by molar-refractivity contribution is 0.388. The molecule has 0 saturated heterocycles. The maximum Gasteiger partial charge on any atom is 0.207 e. The van der Waals surface area contributed by atoms with Crippen LogP contribution in [0.3, 0.4) is 0 Å². The number of rotatable bonds is 1. The van der Waals surface area contributed by atoms with Crippen LogP contribution in [-0.4, -0.2) is 15.2 Å². The Balaban J connectivity index is 2.69. The first-order valence-corrected chi connectivity index (χ1v) is 3.82. The zero-order chi connectivity index (χ0) is 7.68. The molecule has 0 radical (unpaired) electrons. The lowest BCUT2D eigenvalue weighted by Crippen LogP contribution is -1.85. The van der Waals surface area contributed by atoms with Crippen LogP contribution in [0.15, 0.2) is 18.5 Å². The zero-order valence-electron chi connectivity index (χ0n) is 5.48. The predicted octanol–water partition coefficient (Wildman–Crippen LogP) is 1.49. The van der Waals surface area contributed by atoms with E-state index in [1.165, 1.54) is 11.3 Å². The average molecular weight is 167 g/mol. The van der Waals surface area contributed by atoms with E-state index in [0.717, 1.165) is 10.2 Å². The van der Waals surface area contributed by atoms with Gasteiger partial charge in [-0.15, -0.1) is 0 Å². The van der Waals surface area contributed by atoms with E-state index in [9.17, 15) is 0 Å². The summed E-state index contributed by atoms with van der Waals surface area (Å²) in [4.78, 5) is 7.92. The highest BCUT2D eigenvalue weighted by Gasteiger charge is 1.99. The van der Waals surface area contributed by atoms with E-state index in [4.69, 9.17) is 5.21 Å². The van der Waals surface area contributed by atoms with Gasteiger partial charge in [-0.3, -0.25) is 10.2 Å². The third-order valence-corrected chi connectivity index (χ3v) is 2.23. The molecule has 2 rings (SSSR count). The van der Waals surface area contributed by atoms with Crippen molar-refractivity contribution < 1.29 is 5.21 Å². The Morgan fingerprint density at radius 3 is 3.18 bits per heavy atom. The molecule has 0 aromatic carbocycles. The van der Waals surface area contributed by atoms with Gasteiger partial charge >= 0.3 is 0 Å². The van der Waals surface area contributed by atoms with Gasteiger partial charge in [0.05, 0.1) is 10.9 Å². The number of nitrogens with one attached hydrogen (secondary N) is 1. The first kappa shape index (κ1) is 6.51. The molecule has 0 aliphatic heterocycles. The van der Waals surface area contributed by atoms with E-state index >= 15 is 0 Å². The SMILES string of the molecule is ONc1nc2cnccc2s1. The minimum absolute atomic E-state index is 0.494. The minimum Gasteiger partial charge on any atom is -0.289 e. The highest BCUT2D eigenvalue weighted by molar-refractivity contribution is 7.22. The monoisotopic (exact) mass is 167 g/mol. The molecule has 2 heterocycles. The Kier molecular flexibility index (Phi) is 1.45. The summed E-state index contributed by atoms with van der Waals surface area (Å²) in [5.74, 6) is 0. The van der Waals surface area contributed by atoms with E-state index in [-0.39, 0.29) is 0 Å². The summed E-state index contributed by atoms with van der Waals surface area (Å²) in [5, 5.41) is 9.01. The molecule has 5 heteroatoms. The van der Waals surface area contributed by atoms with Crippen LogP contribution in [0, 0.1) is 0 Å². The molecule has 0 atom stereocenters. The topological polar surface area (TPSA) is 58.0 Å². The fourth-order valence-corrected chi connectivity index (χ4v) is 1.56. The summed E-state index contributed by atoms with van der Waals surface area (Å²) < 4.78 is 1.01. The van der Waals surface area contributed by atoms with Crippen molar-refractivity contribution in [3.63, 3.8) is 0 Å². The highest BCUT2D eigenvalue weighted by atomic mass is 32.1. The fraction of sp³-hybridized carbons (Fsp3) is 0. The molecule has 2 aromatic heterocycles. The highest BCUT2D eigenvalue weighted by Crippen LogP contribution is 2.23. The summed E-state index contributed by atoms with van der Waals surface area (Å²) in [7, 11) is 0. The van der Waals surface area contributed by atoms with Crippen molar-refractivity contribution in [3.8, 4) is 0 Å². The second-order valence-corrected chi connectivity index (χ2v) is 3.00. The molecule has 56 valence electrons. The van der Waals surface area contributed by atoms with Crippen molar-refractivity contribution in [2.24, 2.45) is 0 Å². The molecule has 0 fully saturated rings. The van der Waals surface area contributed by atoms with Crippen molar-refractivity contribution in [1.82, 2.24) is 9.97 Å². The van der Waals surface area contributed by atoms with Gasteiger partial charge in [-0.25, -0.2) is 10.5 Å². The Morgan fingerprint density at radius 1 is 1.55 bits per heavy atom. The Hall–Kier alpha value is -1.20. The van der Waals surface area contributed by atoms with Crippen LogP contribution in [0.1, 0.15) is 0 Å².